The second kappa shape index (κ2) is 11.7. The zero-order valence-corrected chi connectivity index (χ0v) is 17.1. The first-order chi connectivity index (χ1) is 13.1. The van der Waals surface area contributed by atoms with Crippen LogP contribution in [0.15, 0.2) is 40.2 Å². The molecule has 0 aliphatic heterocycles. The van der Waals surface area contributed by atoms with Gasteiger partial charge in [-0.1, -0.05) is 18.2 Å². The summed E-state index contributed by atoms with van der Waals surface area (Å²) in [4.78, 5) is 17.2. The van der Waals surface area contributed by atoms with Crippen molar-refractivity contribution in [3.05, 3.63) is 30.3 Å². The number of rotatable bonds is 8. The van der Waals surface area contributed by atoms with Crippen molar-refractivity contribution in [3.63, 3.8) is 0 Å². The summed E-state index contributed by atoms with van der Waals surface area (Å²) in [6, 6.07) is 9.77. The minimum absolute atomic E-state index is 0.0239. The Bertz CT molecular complexity index is 629. The quantitative estimate of drug-likeness (QED) is 0.403. The Morgan fingerprint density at radius 1 is 1.19 bits per heavy atom. The molecule has 0 aromatic heterocycles. The van der Waals surface area contributed by atoms with Crippen LogP contribution in [0.3, 0.4) is 0 Å². The number of hydrogen-bond donors (Lipinski definition) is 2. The predicted octanol–water partition coefficient (Wildman–Crippen LogP) is 2.47. The molecule has 1 aliphatic rings. The molecule has 0 spiro atoms. The predicted molar refractivity (Wildman–Crippen MR) is 109 cm³/mol. The number of carbonyl (C=O) groups excluding carboxylic acids is 1. The van der Waals surface area contributed by atoms with Crippen molar-refractivity contribution in [1.29, 1.82) is 0 Å². The first kappa shape index (κ1) is 21.4. The lowest BCUT2D eigenvalue weighted by molar-refractivity contribution is -0.149. The van der Waals surface area contributed by atoms with E-state index >= 15 is 0 Å². The van der Waals surface area contributed by atoms with Gasteiger partial charge in [0.15, 0.2) is 5.96 Å². The zero-order chi connectivity index (χ0) is 19.5. The van der Waals surface area contributed by atoms with Crippen LogP contribution in [-0.4, -0.2) is 47.6 Å². The molecule has 1 aromatic rings. The average Bonchev–Trinajstić information content (AvgIpc) is 2.69. The molecule has 0 amide bonds. The molecule has 1 aromatic carbocycles. The molecule has 1 saturated carbocycles. The molecule has 1 unspecified atom stereocenters. The third-order valence-electron chi connectivity index (χ3n) is 4.58. The van der Waals surface area contributed by atoms with Crippen LogP contribution in [0.1, 0.15) is 39.5 Å². The number of nitrogens with zero attached hydrogens (tertiary/aromatic N) is 1. The number of aliphatic imine (C=N–C) groups is 1. The van der Waals surface area contributed by atoms with E-state index in [1.807, 2.05) is 44.2 Å². The lowest BCUT2D eigenvalue weighted by Crippen LogP contribution is -2.45. The molecule has 7 heteroatoms. The minimum Gasteiger partial charge on any atom is -0.466 e. The van der Waals surface area contributed by atoms with Gasteiger partial charge in [0, 0.05) is 23.2 Å². The highest BCUT2D eigenvalue weighted by Crippen LogP contribution is 2.25. The fourth-order valence-electron chi connectivity index (χ4n) is 3.18. The Kier molecular flexibility index (Phi) is 9.31. The molecule has 2 N–H and O–H groups in total. The lowest BCUT2D eigenvalue weighted by Gasteiger charge is -2.29. The van der Waals surface area contributed by atoms with Crippen molar-refractivity contribution in [2.24, 2.45) is 10.9 Å². The molecule has 1 aliphatic carbocycles. The number of benzene rings is 1. The minimum atomic E-state index is -1.04. The molecule has 0 radical (unpaired) electrons. The zero-order valence-electron chi connectivity index (χ0n) is 16.3. The number of esters is 1. The summed E-state index contributed by atoms with van der Waals surface area (Å²) in [5, 5.41) is 6.70. The van der Waals surface area contributed by atoms with Gasteiger partial charge in [-0.2, -0.15) is 0 Å². The van der Waals surface area contributed by atoms with Gasteiger partial charge in [-0.15, -0.1) is 0 Å². The van der Waals surface area contributed by atoms with E-state index in [-0.39, 0.29) is 11.9 Å². The molecule has 1 fully saturated rings. The summed E-state index contributed by atoms with van der Waals surface area (Å²) in [5.74, 6) is 1.20. The fourth-order valence-corrected chi connectivity index (χ4v) is 4.13. The van der Waals surface area contributed by atoms with Crippen LogP contribution in [0.2, 0.25) is 0 Å². The largest absolute Gasteiger partial charge is 0.466 e. The lowest BCUT2D eigenvalue weighted by atomic mass is 9.86. The summed E-state index contributed by atoms with van der Waals surface area (Å²) >= 11 is 0. The normalized spacial score (nSPS) is 21.3. The Balaban J connectivity index is 1.80. The molecule has 0 saturated heterocycles. The van der Waals surface area contributed by atoms with Gasteiger partial charge in [-0.05, 0) is 51.7 Å². The number of nitrogens with one attached hydrogen (secondary N) is 2. The smallest absolute Gasteiger partial charge is 0.308 e. The van der Waals surface area contributed by atoms with Gasteiger partial charge in [0.25, 0.3) is 0 Å². The molecule has 1 atom stereocenters. The van der Waals surface area contributed by atoms with Crippen molar-refractivity contribution in [1.82, 2.24) is 10.6 Å². The van der Waals surface area contributed by atoms with Crippen LogP contribution in [0.5, 0.6) is 0 Å². The van der Waals surface area contributed by atoms with Gasteiger partial charge < -0.3 is 15.4 Å². The highest BCUT2D eigenvalue weighted by Gasteiger charge is 2.27. The summed E-state index contributed by atoms with van der Waals surface area (Å²) in [5.41, 5.74) is 0. The van der Waals surface area contributed by atoms with Crippen LogP contribution < -0.4 is 10.6 Å². The maximum Gasteiger partial charge on any atom is 0.308 e. The third kappa shape index (κ3) is 7.33. The Morgan fingerprint density at radius 3 is 2.52 bits per heavy atom. The van der Waals surface area contributed by atoms with E-state index in [0.717, 1.165) is 43.1 Å². The van der Waals surface area contributed by atoms with Gasteiger partial charge >= 0.3 is 5.97 Å². The summed E-state index contributed by atoms with van der Waals surface area (Å²) in [6.07, 6.45) is 3.52. The van der Waals surface area contributed by atoms with E-state index in [0.29, 0.717) is 24.9 Å². The summed E-state index contributed by atoms with van der Waals surface area (Å²) in [6.45, 7) is 5.57. The molecule has 0 bridgehead atoms. The molecule has 27 heavy (non-hydrogen) atoms. The van der Waals surface area contributed by atoms with Gasteiger partial charge in [0.2, 0.25) is 0 Å². The first-order valence-corrected chi connectivity index (χ1v) is 11.1. The van der Waals surface area contributed by atoms with E-state index in [2.05, 4.69) is 15.6 Å². The standard InChI is InChI=1S/C20H31N3O3S/c1-3-21-20(22-14-15-27(25)18-8-6-5-7-9-18)23-17-12-10-16(11-13-17)19(24)26-4-2/h5-9,16-17H,3-4,10-15H2,1-2H3,(H2,21,22,23). The van der Waals surface area contributed by atoms with Crippen LogP contribution >= 0.6 is 0 Å². The number of carbonyl (C=O) groups is 1. The van der Waals surface area contributed by atoms with Crippen LogP contribution in [0.4, 0.5) is 0 Å². The van der Waals surface area contributed by atoms with Gasteiger partial charge in [-0.25, -0.2) is 0 Å². The van der Waals surface area contributed by atoms with Gasteiger partial charge in [0.05, 0.1) is 29.9 Å². The summed E-state index contributed by atoms with van der Waals surface area (Å²) in [7, 11) is -1.04. The molecular formula is C20H31N3O3S. The van der Waals surface area contributed by atoms with Crippen LogP contribution in [0.25, 0.3) is 0 Å². The molecule has 2 rings (SSSR count). The van der Waals surface area contributed by atoms with E-state index < -0.39 is 10.8 Å². The first-order valence-electron chi connectivity index (χ1n) is 9.79. The summed E-state index contributed by atoms with van der Waals surface area (Å²) < 4.78 is 17.4. The van der Waals surface area contributed by atoms with Crippen molar-refractivity contribution < 1.29 is 13.7 Å². The van der Waals surface area contributed by atoms with E-state index in [1.54, 1.807) is 0 Å². The maximum absolute atomic E-state index is 12.3. The van der Waals surface area contributed by atoms with Crippen LogP contribution in [0, 0.1) is 5.92 Å². The van der Waals surface area contributed by atoms with Crippen molar-refractivity contribution in [2.45, 2.75) is 50.5 Å². The van der Waals surface area contributed by atoms with E-state index in [1.165, 1.54) is 0 Å². The van der Waals surface area contributed by atoms with Gasteiger partial charge in [0.1, 0.15) is 0 Å². The molecule has 150 valence electrons. The number of hydrogen-bond acceptors (Lipinski definition) is 4. The van der Waals surface area contributed by atoms with E-state index in [4.69, 9.17) is 4.74 Å². The monoisotopic (exact) mass is 393 g/mol. The fraction of sp³-hybridized carbons (Fsp3) is 0.600. The van der Waals surface area contributed by atoms with Crippen molar-refractivity contribution >= 4 is 22.7 Å². The number of guanidine groups is 1. The Labute approximate surface area is 164 Å². The SMILES string of the molecule is CCNC(=NCCS(=O)c1ccccc1)NC1CCC(C(=O)OCC)CC1. The third-order valence-corrected chi connectivity index (χ3v) is 5.94. The molecular weight excluding hydrogens is 362 g/mol. The van der Waals surface area contributed by atoms with E-state index in [9.17, 15) is 9.00 Å². The topological polar surface area (TPSA) is 79.8 Å². The van der Waals surface area contributed by atoms with Crippen molar-refractivity contribution in [3.8, 4) is 0 Å². The van der Waals surface area contributed by atoms with Crippen LogP contribution in [-0.2, 0) is 20.3 Å². The molecule has 6 nitrogen and oxygen atoms in total. The second-order valence-electron chi connectivity index (χ2n) is 6.57. The van der Waals surface area contributed by atoms with Crippen molar-refractivity contribution in [2.75, 3.05) is 25.4 Å². The average molecular weight is 394 g/mol. The second-order valence-corrected chi connectivity index (χ2v) is 8.14. The Morgan fingerprint density at radius 2 is 1.89 bits per heavy atom. The Hall–Kier alpha value is -1.89. The highest BCUT2D eigenvalue weighted by atomic mass is 32.2. The molecule has 0 heterocycles. The van der Waals surface area contributed by atoms with Gasteiger partial charge in [-0.3, -0.25) is 14.0 Å². The highest BCUT2D eigenvalue weighted by molar-refractivity contribution is 7.85. The number of ether oxygens (including phenoxy) is 1. The maximum atomic E-state index is 12.3.